The number of nitrogens with one attached hydrogen (secondary N) is 1. The van der Waals surface area contributed by atoms with Crippen LogP contribution in [0.2, 0.25) is 0 Å². The highest BCUT2D eigenvalue weighted by Gasteiger charge is 2.27. The fraction of sp³-hybridized carbons (Fsp3) is 0.706. The van der Waals surface area contributed by atoms with Gasteiger partial charge in [-0.1, -0.05) is 32.8 Å². The lowest BCUT2D eigenvalue weighted by molar-refractivity contribution is -0.141. The van der Waals surface area contributed by atoms with E-state index in [4.69, 9.17) is 4.74 Å². The van der Waals surface area contributed by atoms with Gasteiger partial charge in [0.25, 0.3) is 0 Å². The molecule has 0 aliphatic heterocycles. The Hall–Kier alpha value is -0.870. The Balaban J connectivity index is 1.99. The predicted molar refractivity (Wildman–Crippen MR) is 87.4 cm³/mol. The van der Waals surface area contributed by atoms with Crippen LogP contribution in [0.5, 0.6) is 0 Å². The third-order valence-electron chi connectivity index (χ3n) is 4.58. The third-order valence-corrected chi connectivity index (χ3v) is 5.57. The van der Waals surface area contributed by atoms with Gasteiger partial charge >= 0.3 is 5.97 Å². The summed E-state index contributed by atoms with van der Waals surface area (Å²) < 4.78 is 4.85. The smallest absolute Gasteiger partial charge is 0.307 e. The molecular formula is C17H27NO2S. The Kier molecular flexibility index (Phi) is 6.24. The number of carbonyl (C=O) groups excluding carboxylic acids is 1. The highest BCUT2D eigenvalue weighted by atomic mass is 32.1. The van der Waals surface area contributed by atoms with Crippen LogP contribution in [0.25, 0.3) is 0 Å². The van der Waals surface area contributed by atoms with Gasteiger partial charge in [0.2, 0.25) is 0 Å². The summed E-state index contributed by atoms with van der Waals surface area (Å²) in [5.74, 6) is 1.41. The van der Waals surface area contributed by atoms with Crippen LogP contribution >= 0.6 is 11.3 Å². The molecule has 4 heteroatoms. The summed E-state index contributed by atoms with van der Waals surface area (Å²) in [6.45, 7) is 4.64. The molecule has 1 aromatic rings. The molecule has 21 heavy (non-hydrogen) atoms. The maximum absolute atomic E-state index is 11.7. The number of hydrogen-bond acceptors (Lipinski definition) is 4. The largest absolute Gasteiger partial charge is 0.469 e. The van der Waals surface area contributed by atoms with Crippen LogP contribution in [0.3, 0.4) is 0 Å². The van der Waals surface area contributed by atoms with E-state index in [9.17, 15) is 4.79 Å². The van der Waals surface area contributed by atoms with E-state index in [0.717, 1.165) is 11.8 Å². The zero-order valence-electron chi connectivity index (χ0n) is 13.3. The molecule has 1 aromatic heterocycles. The number of methoxy groups -OCH3 is 1. The van der Waals surface area contributed by atoms with Crippen LogP contribution in [-0.2, 0) is 9.53 Å². The fourth-order valence-electron chi connectivity index (χ4n) is 3.25. The first-order chi connectivity index (χ1) is 10.1. The van der Waals surface area contributed by atoms with Crippen molar-refractivity contribution in [1.82, 2.24) is 5.32 Å². The molecule has 1 N–H and O–H groups in total. The summed E-state index contributed by atoms with van der Waals surface area (Å²) in [6.07, 6.45) is 5.49. The van der Waals surface area contributed by atoms with E-state index in [2.05, 4.69) is 30.6 Å². The number of rotatable bonds is 6. The first-order valence-corrected chi connectivity index (χ1v) is 8.84. The maximum atomic E-state index is 11.7. The van der Waals surface area contributed by atoms with E-state index in [0.29, 0.717) is 12.5 Å². The van der Waals surface area contributed by atoms with Gasteiger partial charge in [0, 0.05) is 10.9 Å². The van der Waals surface area contributed by atoms with Crippen molar-refractivity contribution in [1.29, 1.82) is 0 Å². The minimum atomic E-state index is -0.142. The SMILES string of the molecule is COC(=O)CC(NC1CCCC(C(C)C)C1)c1cccs1. The standard InChI is InChI=1S/C17H27NO2S/c1-12(2)13-6-4-7-14(10-13)18-15(11-17(19)20-3)16-8-5-9-21-16/h5,8-9,12-15,18H,4,6-7,10-11H2,1-3H3. The molecule has 0 radical (unpaired) electrons. The summed E-state index contributed by atoms with van der Waals surface area (Å²) in [7, 11) is 1.46. The van der Waals surface area contributed by atoms with E-state index in [-0.39, 0.29) is 12.0 Å². The molecule has 0 spiro atoms. The van der Waals surface area contributed by atoms with E-state index >= 15 is 0 Å². The van der Waals surface area contributed by atoms with Crippen LogP contribution in [0.4, 0.5) is 0 Å². The molecule has 0 aromatic carbocycles. The first-order valence-electron chi connectivity index (χ1n) is 7.96. The molecule has 1 aliphatic carbocycles. The third kappa shape index (κ3) is 4.82. The molecular weight excluding hydrogens is 282 g/mol. The predicted octanol–water partition coefficient (Wildman–Crippen LogP) is 4.16. The summed E-state index contributed by atoms with van der Waals surface area (Å²) >= 11 is 1.71. The Labute approximate surface area is 132 Å². The molecule has 3 unspecified atom stereocenters. The lowest BCUT2D eigenvalue weighted by Gasteiger charge is -2.34. The van der Waals surface area contributed by atoms with E-state index in [1.807, 2.05) is 6.07 Å². The Morgan fingerprint density at radius 1 is 1.48 bits per heavy atom. The second kappa shape index (κ2) is 7.95. The summed E-state index contributed by atoms with van der Waals surface area (Å²) in [5.41, 5.74) is 0. The monoisotopic (exact) mass is 309 g/mol. The fourth-order valence-corrected chi connectivity index (χ4v) is 4.04. The highest BCUT2D eigenvalue weighted by Crippen LogP contribution is 2.32. The number of hydrogen-bond donors (Lipinski definition) is 1. The van der Waals surface area contributed by atoms with Crippen LogP contribution in [0.1, 0.15) is 56.9 Å². The van der Waals surface area contributed by atoms with E-state index < -0.39 is 0 Å². The topological polar surface area (TPSA) is 38.3 Å². The van der Waals surface area contributed by atoms with E-state index in [1.165, 1.54) is 37.7 Å². The van der Waals surface area contributed by atoms with Crippen molar-refractivity contribution in [3.63, 3.8) is 0 Å². The maximum Gasteiger partial charge on any atom is 0.307 e. The van der Waals surface area contributed by atoms with Crippen molar-refractivity contribution in [2.45, 2.75) is 58.0 Å². The molecule has 0 saturated heterocycles. The molecule has 0 bridgehead atoms. The number of thiophene rings is 1. The Bertz CT molecular complexity index is 430. The van der Waals surface area contributed by atoms with Crippen LogP contribution in [-0.4, -0.2) is 19.1 Å². The molecule has 1 aliphatic rings. The number of esters is 1. The van der Waals surface area contributed by atoms with Crippen molar-refractivity contribution in [3.05, 3.63) is 22.4 Å². The van der Waals surface area contributed by atoms with Gasteiger partial charge in [0.05, 0.1) is 19.6 Å². The lowest BCUT2D eigenvalue weighted by Crippen LogP contribution is -2.38. The van der Waals surface area contributed by atoms with Gasteiger partial charge in [0.1, 0.15) is 0 Å². The quantitative estimate of drug-likeness (QED) is 0.802. The number of carbonyl (C=O) groups is 1. The van der Waals surface area contributed by atoms with Gasteiger partial charge in [-0.15, -0.1) is 11.3 Å². The first kappa shape index (κ1) is 16.5. The summed E-state index contributed by atoms with van der Waals surface area (Å²) in [5, 5.41) is 5.79. The lowest BCUT2D eigenvalue weighted by atomic mass is 9.79. The summed E-state index contributed by atoms with van der Waals surface area (Å²) in [6, 6.07) is 4.76. The molecule has 118 valence electrons. The number of ether oxygens (including phenoxy) is 1. The molecule has 1 heterocycles. The van der Waals surface area contributed by atoms with Crippen LogP contribution < -0.4 is 5.32 Å². The zero-order valence-corrected chi connectivity index (χ0v) is 14.1. The molecule has 1 fully saturated rings. The molecule has 3 nitrogen and oxygen atoms in total. The Morgan fingerprint density at radius 2 is 2.29 bits per heavy atom. The molecule has 3 atom stereocenters. The Morgan fingerprint density at radius 3 is 2.90 bits per heavy atom. The van der Waals surface area contributed by atoms with Crippen molar-refractivity contribution < 1.29 is 9.53 Å². The minimum absolute atomic E-state index is 0.0911. The van der Waals surface area contributed by atoms with Gasteiger partial charge in [-0.25, -0.2) is 0 Å². The normalized spacial score (nSPS) is 24.0. The van der Waals surface area contributed by atoms with E-state index in [1.54, 1.807) is 11.3 Å². The average molecular weight is 309 g/mol. The van der Waals surface area contributed by atoms with Gasteiger partial charge < -0.3 is 10.1 Å². The van der Waals surface area contributed by atoms with Crippen molar-refractivity contribution in [3.8, 4) is 0 Å². The molecule has 1 saturated carbocycles. The highest BCUT2D eigenvalue weighted by molar-refractivity contribution is 7.10. The minimum Gasteiger partial charge on any atom is -0.469 e. The zero-order chi connectivity index (χ0) is 15.2. The molecule has 2 rings (SSSR count). The molecule has 0 amide bonds. The van der Waals surface area contributed by atoms with Gasteiger partial charge in [0.15, 0.2) is 0 Å². The van der Waals surface area contributed by atoms with Crippen molar-refractivity contribution in [2.24, 2.45) is 11.8 Å². The van der Waals surface area contributed by atoms with Gasteiger partial charge in [-0.3, -0.25) is 4.79 Å². The summed E-state index contributed by atoms with van der Waals surface area (Å²) in [4.78, 5) is 12.9. The second-order valence-electron chi connectivity index (χ2n) is 6.38. The van der Waals surface area contributed by atoms with Crippen molar-refractivity contribution in [2.75, 3.05) is 7.11 Å². The second-order valence-corrected chi connectivity index (χ2v) is 7.36. The van der Waals surface area contributed by atoms with Crippen LogP contribution in [0, 0.1) is 11.8 Å². The van der Waals surface area contributed by atoms with Crippen LogP contribution in [0.15, 0.2) is 17.5 Å². The average Bonchev–Trinajstić information content (AvgIpc) is 3.01. The van der Waals surface area contributed by atoms with Crippen molar-refractivity contribution >= 4 is 17.3 Å². The van der Waals surface area contributed by atoms with Gasteiger partial charge in [-0.2, -0.15) is 0 Å². The van der Waals surface area contributed by atoms with Gasteiger partial charge in [-0.05, 0) is 36.1 Å².